The van der Waals surface area contributed by atoms with E-state index >= 15 is 0 Å². The van der Waals surface area contributed by atoms with E-state index in [1.165, 1.54) is 32.6 Å². The molecule has 5 nitrogen and oxygen atoms in total. The highest BCUT2D eigenvalue weighted by Gasteiger charge is 2.36. The number of esters is 1. The Balaban J connectivity index is 1.89. The molecule has 0 bridgehead atoms. The first kappa shape index (κ1) is 11.8. The third-order valence-electron chi connectivity index (χ3n) is 2.96. The molecule has 0 aromatic carbocycles. The Morgan fingerprint density at radius 2 is 2.35 bits per heavy atom. The Hall–Kier alpha value is -1.65. The minimum atomic E-state index is -0.459. The Morgan fingerprint density at radius 3 is 2.94 bits per heavy atom. The molecule has 1 aliphatic rings. The Labute approximate surface area is 101 Å². The number of hydrogen-bond donors (Lipinski definition) is 1. The van der Waals surface area contributed by atoms with Gasteiger partial charge in [-0.25, -0.2) is 14.8 Å². The Morgan fingerprint density at radius 1 is 1.53 bits per heavy atom. The van der Waals surface area contributed by atoms with Gasteiger partial charge in [0.25, 0.3) is 0 Å². The quantitative estimate of drug-likeness (QED) is 0.789. The normalized spacial score (nSPS) is 22.0. The molecule has 0 radical (unpaired) electrons. The fourth-order valence-corrected chi connectivity index (χ4v) is 1.92. The summed E-state index contributed by atoms with van der Waals surface area (Å²) in [5, 5.41) is 3.31. The zero-order chi connectivity index (χ0) is 12.3. The molecule has 2 atom stereocenters. The van der Waals surface area contributed by atoms with Gasteiger partial charge < -0.3 is 10.1 Å². The van der Waals surface area contributed by atoms with E-state index in [4.69, 9.17) is 0 Å². The van der Waals surface area contributed by atoms with Crippen LogP contribution in [0.1, 0.15) is 36.7 Å². The van der Waals surface area contributed by atoms with Gasteiger partial charge in [0.15, 0.2) is 5.69 Å². The predicted molar refractivity (Wildman–Crippen MR) is 63.8 cm³/mol. The van der Waals surface area contributed by atoms with Gasteiger partial charge in [-0.1, -0.05) is 13.3 Å². The van der Waals surface area contributed by atoms with Gasteiger partial charge in [-0.15, -0.1) is 0 Å². The van der Waals surface area contributed by atoms with Crippen LogP contribution < -0.4 is 5.32 Å². The number of hydrogen-bond acceptors (Lipinski definition) is 5. The van der Waals surface area contributed by atoms with Crippen molar-refractivity contribution >= 4 is 11.8 Å². The molecular formula is C12H17N3O2. The van der Waals surface area contributed by atoms with Crippen molar-refractivity contribution < 1.29 is 9.53 Å². The lowest BCUT2D eigenvalue weighted by atomic mass is 10.2. The van der Waals surface area contributed by atoms with Gasteiger partial charge in [-0.05, 0) is 18.8 Å². The van der Waals surface area contributed by atoms with Crippen LogP contribution in [0.25, 0.3) is 0 Å². The molecule has 1 aromatic rings. The summed E-state index contributed by atoms with van der Waals surface area (Å²) in [6.45, 7) is 2.19. The summed E-state index contributed by atoms with van der Waals surface area (Å²) in [4.78, 5) is 19.3. The smallest absolute Gasteiger partial charge is 0.358 e. The number of ether oxygens (including phenoxy) is 1. The van der Waals surface area contributed by atoms with Crippen molar-refractivity contribution in [2.75, 3.05) is 12.4 Å². The topological polar surface area (TPSA) is 64.1 Å². The van der Waals surface area contributed by atoms with Gasteiger partial charge >= 0.3 is 5.97 Å². The largest absolute Gasteiger partial charge is 0.464 e. The molecule has 1 heterocycles. The summed E-state index contributed by atoms with van der Waals surface area (Å²) in [5.41, 5.74) is 0.235. The molecule has 2 unspecified atom stereocenters. The maximum atomic E-state index is 11.2. The molecule has 0 saturated heterocycles. The van der Waals surface area contributed by atoms with Gasteiger partial charge in [-0.2, -0.15) is 0 Å². The van der Waals surface area contributed by atoms with Crippen LogP contribution in [0.2, 0.25) is 0 Å². The summed E-state index contributed by atoms with van der Waals surface area (Å²) in [6, 6.07) is 0.522. The Kier molecular flexibility index (Phi) is 3.56. The highest BCUT2D eigenvalue weighted by Crippen LogP contribution is 2.36. The lowest BCUT2D eigenvalue weighted by Gasteiger charge is -2.04. The van der Waals surface area contributed by atoms with E-state index in [-0.39, 0.29) is 5.69 Å². The number of methoxy groups -OCH3 is 1. The molecule has 5 heteroatoms. The van der Waals surface area contributed by atoms with Crippen molar-refractivity contribution in [1.82, 2.24) is 9.97 Å². The number of aromatic nitrogens is 2. The van der Waals surface area contributed by atoms with Gasteiger partial charge in [0, 0.05) is 6.04 Å². The second kappa shape index (κ2) is 5.12. The average Bonchev–Trinajstić information content (AvgIpc) is 3.08. The van der Waals surface area contributed by atoms with E-state index in [9.17, 15) is 4.79 Å². The predicted octanol–water partition coefficient (Wildman–Crippen LogP) is 1.86. The molecule has 0 spiro atoms. The van der Waals surface area contributed by atoms with E-state index in [0.29, 0.717) is 6.04 Å². The SMILES string of the molecule is CCCC1CC1Nc1cnc(C(=O)OC)cn1. The second-order valence-electron chi connectivity index (χ2n) is 4.31. The molecule has 17 heavy (non-hydrogen) atoms. The van der Waals surface area contributed by atoms with Gasteiger partial charge in [-0.3, -0.25) is 0 Å². The van der Waals surface area contributed by atoms with Crippen molar-refractivity contribution in [3.63, 3.8) is 0 Å². The third kappa shape index (κ3) is 2.93. The number of nitrogens with one attached hydrogen (secondary N) is 1. The minimum Gasteiger partial charge on any atom is -0.464 e. The molecule has 92 valence electrons. The van der Waals surface area contributed by atoms with E-state index in [1.54, 1.807) is 6.20 Å². The number of anilines is 1. The van der Waals surface area contributed by atoms with Crippen LogP contribution in [-0.4, -0.2) is 29.1 Å². The lowest BCUT2D eigenvalue weighted by molar-refractivity contribution is 0.0593. The monoisotopic (exact) mass is 235 g/mol. The highest BCUT2D eigenvalue weighted by molar-refractivity contribution is 5.86. The first-order chi connectivity index (χ1) is 8.24. The average molecular weight is 235 g/mol. The van der Waals surface area contributed by atoms with Crippen LogP contribution >= 0.6 is 0 Å². The van der Waals surface area contributed by atoms with Crippen LogP contribution in [-0.2, 0) is 4.74 Å². The maximum Gasteiger partial charge on any atom is 0.358 e. The molecule has 0 aliphatic heterocycles. The van der Waals surface area contributed by atoms with Crippen LogP contribution in [0, 0.1) is 5.92 Å². The molecule has 1 fully saturated rings. The fraction of sp³-hybridized carbons (Fsp3) is 0.583. The first-order valence-corrected chi connectivity index (χ1v) is 5.91. The zero-order valence-electron chi connectivity index (χ0n) is 10.1. The van der Waals surface area contributed by atoms with E-state index in [2.05, 4.69) is 26.9 Å². The third-order valence-corrected chi connectivity index (χ3v) is 2.96. The number of carbonyl (C=O) groups is 1. The number of nitrogens with zero attached hydrogens (tertiary/aromatic N) is 2. The van der Waals surface area contributed by atoms with Gasteiger partial charge in [0.2, 0.25) is 0 Å². The van der Waals surface area contributed by atoms with E-state index in [1.807, 2.05) is 0 Å². The van der Waals surface area contributed by atoms with Crippen molar-refractivity contribution in [3.8, 4) is 0 Å². The fourth-order valence-electron chi connectivity index (χ4n) is 1.92. The second-order valence-corrected chi connectivity index (χ2v) is 4.31. The summed E-state index contributed by atoms with van der Waals surface area (Å²) in [6.07, 6.45) is 6.69. The molecule has 1 aliphatic carbocycles. The molecule has 1 aromatic heterocycles. The minimum absolute atomic E-state index is 0.235. The van der Waals surface area contributed by atoms with Crippen molar-refractivity contribution in [1.29, 1.82) is 0 Å². The number of carbonyl (C=O) groups excluding carboxylic acids is 1. The lowest BCUT2D eigenvalue weighted by Crippen LogP contribution is -2.09. The molecule has 1 N–H and O–H groups in total. The van der Waals surface area contributed by atoms with Gasteiger partial charge in [0.1, 0.15) is 5.82 Å². The van der Waals surface area contributed by atoms with Crippen molar-refractivity contribution in [3.05, 3.63) is 18.1 Å². The van der Waals surface area contributed by atoms with Crippen LogP contribution in [0.4, 0.5) is 5.82 Å². The van der Waals surface area contributed by atoms with Crippen LogP contribution in [0.15, 0.2) is 12.4 Å². The summed E-state index contributed by atoms with van der Waals surface area (Å²) >= 11 is 0. The summed E-state index contributed by atoms with van der Waals surface area (Å²) in [5.74, 6) is 1.03. The zero-order valence-corrected chi connectivity index (χ0v) is 10.1. The molecule has 1 saturated carbocycles. The summed E-state index contributed by atoms with van der Waals surface area (Å²) < 4.78 is 4.56. The first-order valence-electron chi connectivity index (χ1n) is 5.91. The van der Waals surface area contributed by atoms with Crippen molar-refractivity contribution in [2.45, 2.75) is 32.2 Å². The standard InChI is InChI=1S/C12H17N3O2/c1-3-4-8-5-9(8)15-11-7-13-10(6-14-11)12(16)17-2/h6-9H,3-5H2,1-2H3,(H,14,15). The molecule has 2 rings (SSSR count). The number of rotatable bonds is 5. The maximum absolute atomic E-state index is 11.2. The Bertz CT molecular complexity index is 391. The van der Waals surface area contributed by atoms with Gasteiger partial charge in [0.05, 0.1) is 19.5 Å². The molecule has 0 amide bonds. The van der Waals surface area contributed by atoms with Crippen LogP contribution in [0.3, 0.4) is 0 Å². The van der Waals surface area contributed by atoms with Crippen molar-refractivity contribution in [2.24, 2.45) is 5.92 Å². The molecular weight excluding hydrogens is 218 g/mol. The van der Waals surface area contributed by atoms with E-state index < -0.39 is 5.97 Å². The van der Waals surface area contributed by atoms with E-state index in [0.717, 1.165) is 11.7 Å². The highest BCUT2D eigenvalue weighted by atomic mass is 16.5. The summed E-state index contributed by atoms with van der Waals surface area (Å²) in [7, 11) is 1.33. The van der Waals surface area contributed by atoms with Crippen LogP contribution in [0.5, 0.6) is 0 Å².